The predicted octanol–water partition coefficient (Wildman–Crippen LogP) is 1.36. The zero-order valence-corrected chi connectivity index (χ0v) is 14.1. The third-order valence-electron chi connectivity index (χ3n) is 3.62. The second kappa shape index (κ2) is 5.73. The summed E-state index contributed by atoms with van der Waals surface area (Å²) in [7, 11) is 3.04. The minimum absolute atomic E-state index is 0.247. The first-order valence-electron chi connectivity index (χ1n) is 7.11. The van der Waals surface area contributed by atoms with Crippen LogP contribution in [0, 0.1) is 0 Å². The van der Waals surface area contributed by atoms with Crippen molar-refractivity contribution >= 4 is 22.9 Å². The van der Waals surface area contributed by atoms with E-state index in [1.54, 1.807) is 7.05 Å². The Morgan fingerprint density at radius 2 is 2.04 bits per heavy atom. The van der Waals surface area contributed by atoms with E-state index in [1.807, 2.05) is 13.8 Å². The van der Waals surface area contributed by atoms with Gasteiger partial charge >= 0.3 is 5.69 Å². The molecule has 0 aliphatic carbocycles. The summed E-state index contributed by atoms with van der Waals surface area (Å²) in [6.45, 7) is 4.07. The van der Waals surface area contributed by atoms with Crippen molar-refractivity contribution in [2.45, 2.75) is 30.7 Å². The number of nitrogens with zero attached hydrogens (tertiary/aromatic N) is 4. The lowest BCUT2D eigenvalue weighted by Gasteiger charge is -2.02. The molecule has 3 aromatic rings. The highest BCUT2D eigenvalue weighted by Crippen LogP contribution is 2.26. The molecule has 0 unspecified atom stereocenters. The van der Waals surface area contributed by atoms with Crippen LogP contribution in [0.1, 0.15) is 31.2 Å². The summed E-state index contributed by atoms with van der Waals surface area (Å²) in [5, 5.41) is 0.566. The van der Waals surface area contributed by atoms with Crippen LogP contribution >= 0.6 is 11.8 Å². The van der Waals surface area contributed by atoms with Crippen LogP contribution in [0.2, 0.25) is 0 Å². The number of aromatic amines is 1. The van der Waals surface area contributed by atoms with Gasteiger partial charge in [-0.2, -0.15) is 0 Å². The molecule has 9 heteroatoms. The van der Waals surface area contributed by atoms with Crippen LogP contribution in [0.25, 0.3) is 11.2 Å². The molecule has 23 heavy (non-hydrogen) atoms. The van der Waals surface area contributed by atoms with Crippen molar-refractivity contribution in [3.8, 4) is 0 Å². The highest BCUT2D eigenvalue weighted by atomic mass is 32.2. The Balaban J connectivity index is 1.94. The number of hydrogen-bond donors (Lipinski definition) is 1. The normalized spacial score (nSPS) is 11.7. The molecule has 0 atom stereocenters. The first kappa shape index (κ1) is 15.6. The molecule has 0 spiro atoms. The summed E-state index contributed by atoms with van der Waals surface area (Å²) in [5.74, 6) is 1.66. The molecule has 1 N–H and O–H groups in total. The largest absolute Gasteiger partial charge is 0.448 e. The van der Waals surface area contributed by atoms with E-state index in [4.69, 9.17) is 4.42 Å². The third-order valence-corrected chi connectivity index (χ3v) is 4.50. The molecule has 0 aromatic carbocycles. The summed E-state index contributed by atoms with van der Waals surface area (Å²) in [6, 6.07) is 0. The van der Waals surface area contributed by atoms with Gasteiger partial charge in [0.05, 0.1) is 5.69 Å². The average molecular weight is 335 g/mol. The number of H-pyrrole nitrogens is 1. The molecule has 122 valence electrons. The van der Waals surface area contributed by atoms with Gasteiger partial charge < -0.3 is 9.40 Å². The number of thioether (sulfide) groups is 1. The molecule has 8 nitrogen and oxygen atoms in total. The summed E-state index contributed by atoms with van der Waals surface area (Å²) < 4.78 is 7.80. The van der Waals surface area contributed by atoms with Crippen LogP contribution < -0.4 is 11.2 Å². The average Bonchev–Trinajstić information content (AvgIpc) is 3.15. The lowest BCUT2D eigenvalue weighted by molar-refractivity contribution is 0.480. The number of aromatic nitrogens is 5. The van der Waals surface area contributed by atoms with Crippen LogP contribution in [0.5, 0.6) is 0 Å². The lowest BCUT2D eigenvalue weighted by atomic mass is 10.1. The minimum atomic E-state index is -0.399. The van der Waals surface area contributed by atoms with Gasteiger partial charge in [0.15, 0.2) is 22.7 Å². The fraction of sp³-hybridized carbons (Fsp3) is 0.429. The Bertz CT molecular complexity index is 979. The van der Waals surface area contributed by atoms with E-state index in [2.05, 4.69) is 15.0 Å². The molecule has 3 aromatic heterocycles. The zero-order valence-electron chi connectivity index (χ0n) is 13.3. The molecule has 0 saturated carbocycles. The molecule has 3 heterocycles. The van der Waals surface area contributed by atoms with Crippen molar-refractivity contribution in [1.29, 1.82) is 0 Å². The van der Waals surface area contributed by atoms with Gasteiger partial charge in [0.1, 0.15) is 5.76 Å². The Morgan fingerprint density at radius 3 is 2.74 bits per heavy atom. The zero-order chi connectivity index (χ0) is 16.7. The second-order valence-corrected chi connectivity index (χ2v) is 6.52. The minimum Gasteiger partial charge on any atom is -0.448 e. The van der Waals surface area contributed by atoms with E-state index >= 15 is 0 Å². The smallest absolute Gasteiger partial charge is 0.332 e. The first-order chi connectivity index (χ1) is 10.9. The highest BCUT2D eigenvalue weighted by Gasteiger charge is 2.16. The molecule has 0 aliphatic rings. The molecule has 0 fully saturated rings. The number of hydrogen-bond acceptors (Lipinski definition) is 6. The molecule has 0 amide bonds. The fourth-order valence-corrected chi connectivity index (χ4v) is 3.18. The van der Waals surface area contributed by atoms with E-state index < -0.39 is 5.69 Å². The van der Waals surface area contributed by atoms with Crippen LogP contribution in [-0.2, 0) is 19.8 Å². The number of nitrogens with one attached hydrogen (secondary N) is 1. The second-order valence-electron chi connectivity index (χ2n) is 5.55. The van der Waals surface area contributed by atoms with Crippen LogP contribution in [0.3, 0.4) is 0 Å². The Kier molecular flexibility index (Phi) is 3.88. The molecule has 0 saturated heterocycles. The topological polar surface area (TPSA) is 98.7 Å². The molecule has 0 aliphatic heterocycles. The maximum atomic E-state index is 12.1. The van der Waals surface area contributed by atoms with Gasteiger partial charge in [-0.15, -0.1) is 0 Å². The van der Waals surface area contributed by atoms with Crippen molar-refractivity contribution < 1.29 is 4.42 Å². The van der Waals surface area contributed by atoms with Crippen molar-refractivity contribution in [3.63, 3.8) is 0 Å². The van der Waals surface area contributed by atoms with Gasteiger partial charge in [-0.25, -0.2) is 14.8 Å². The summed E-state index contributed by atoms with van der Waals surface area (Å²) in [5.41, 5.74) is 0.745. The lowest BCUT2D eigenvalue weighted by Crippen LogP contribution is -2.36. The first-order valence-corrected chi connectivity index (χ1v) is 8.09. The van der Waals surface area contributed by atoms with Gasteiger partial charge in [-0.1, -0.05) is 25.6 Å². The number of aryl methyl sites for hydroxylation is 1. The summed E-state index contributed by atoms with van der Waals surface area (Å²) in [6.07, 6.45) is 1.43. The van der Waals surface area contributed by atoms with Crippen molar-refractivity contribution in [2.24, 2.45) is 14.1 Å². The van der Waals surface area contributed by atoms with Crippen LogP contribution in [0.15, 0.2) is 25.6 Å². The van der Waals surface area contributed by atoms with Gasteiger partial charge in [-0.05, 0) is 0 Å². The van der Waals surface area contributed by atoms with Crippen LogP contribution in [-0.4, -0.2) is 24.1 Å². The van der Waals surface area contributed by atoms with Crippen molar-refractivity contribution in [3.05, 3.63) is 38.7 Å². The Morgan fingerprint density at radius 1 is 1.30 bits per heavy atom. The quantitative estimate of drug-likeness (QED) is 0.723. The summed E-state index contributed by atoms with van der Waals surface area (Å²) in [4.78, 5) is 35.6. The molecule has 3 rings (SSSR count). The standard InChI is InChI=1S/C14H17N5O3S/c1-7(2)10-8(15-6-22-10)5-23-13-16-9-11(17-13)18(3)14(21)19(4)12(9)20/h6-7H,5H2,1-4H3,(H,16,17). The predicted molar refractivity (Wildman–Crippen MR) is 86.7 cm³/mol. The van der Waals surface area contributed by atoms with Crippen molar-refractivity contribution in [2.75, 3.05) is 0 Å². The number of fused-ring (bicyclic) bond motifs is 1. The Hall–Kier alpha value is -2.29. The monoisotopic (exact) mass is 335 g/mol. The molecule has 0 bridgehead atoms. The molecule has 0 radical (unpaired) electrons. The maximum Gasteiger partial charge on any atom is 0.332 e. The van der Waals surface area contributed by atoms with Gasteiger partial charge in [-0.3, -0.25) is 13.9 Å². The van der Waals surface area contributed by atoms with E-state index in [0.717, 1.165) is 16.0 Å². The van der Waals surface area contributed by atoms with E-state index in [-0.39, 0.29) is 11.5 Å². The summed E-state index contributed by atoms with van der Waals surface area (Å²) >= 11 is 1.41. The third kappa shape index (κ3) is 2.61. The number of imidazole rings is 1. The van der Waals surface area contributed by atoms with Crippen molar-refractivity contribution in [1.82, 2.24) is 24.1 Å². The van der Waals surface area contributed by atoms with Gasteiger partial charge in [0, 0.05) is 25.8 Å². The van der Waals surface area contributed by atoms with Gasteiger partial charge in [0.2, 0.25) is 0 Å². The SMILES string of the molecule is CC(C)c1ocnc1CSc1nc2c([nH]1)c(=O)n(C)c(=O)n2C. The van der Waals surface area contributed by atoms with Gasteiger partial charge in [0.25, 0.3) is 5.56 Å². The van der Waals surface area contributed by atoms with E-state index in [9.17, 15) is 9.59 Å². The van der Waals surface area contributed by atoms with E-state index in [0.29, 0.717) is 22.1 Å². The number of rotatable bonds is 4. The number of oxazole rings is 1. The van der Waals surface area contributed by atoms with E-state index in [1.165, 1.54) is 29.8 Å². The molecular formula is C14H17N5O3S. The molecular weight excluding hydrogens is 318 g/mol. The maximum absolute atomic E-state index is 12.1. The van der Waals surface area contributed by atoms with Crippen LogP contribution in [0.4, 0.5) is 0 Å². The highest BCUT2D eigenvalue weighted by molar-refractivity contribution is 7.98. The fourth-order valence-electron chi connectivity index (χ4n) is 2.37. The Labute approximate surface area is 135 Å².